The first kappa shape index (κ1) is 15.4. The first-order valence-electron chi connectivity index (χ1n) is 8.98. The van der Waals surface area contributed by atoms with Gasteiger partial charge in [-0.3, -0.25) is 14.2 Å². The van der Waals surface area contributed by atoms with Crippen LogP contribution in [0, 0.1) is 5.92 Å². The molecule has 0 unspecified atom stereocenters. The van der Waals surface area contributed by atoms with Crippen LogP contribution in [-0.2, 0) is 11.3 Å². The van der Waals surface area contributed by atoms with Gasteiger partial charge in [-0.05, 0) is 43.7 Å². The number of nitrogens with zero attached hydrogens (tertiary/aromatic N) is 3. The summed E-state index contributed by atoms with van der Waals surface area (Å²) in [5.74, 6) is 0.729. The third-order valence-electron chi connectivity index (χ3n) is 5.61. The van der Waals surface area contributed by atoms with Crippen molar-refractivity contribution in [1.29, 1.82) is 0 Å². The molecular formula is C19H23N3O2. The minimum absolute atomic E-state index is 0.0741. The molecule has 2 atom stereocenters. The molecular weight excluding hydrogens is 302 g/mol. The van der Waals surface area contributed by atoms with E-state index in [-0.39, 0.29) is 18.0 Å². The molecule has 2 heterocycles. The Kier molecular flexibility index (Phi) is 4.08. The minimum Gasteiger partial charge on any atom is -0.338 e. The van der Waals surface area contributed by atoms with Crippen LogP contribution in [-0.4, -0.2) is 32.9 Å². The fourth-order valence-corrected chi connectivity index (χ4v) is 4.44. The number of likely N-dealkylation sites (tertiary alicyclic amines) is 1. The van der Waals surface area contributed by atoms with Crippen LogP contribution in [0.3, 0.4) is 0 Å². The second-order valence-corrected chi connectivity index (χ2v) is 7.01. The second-order valence-electron chi connectivity index (χ2n) is 7.01. The Morgan fingerprint density at radius 2 is 1.92 bits per heavy atom. The van der Waals surface area contributed by atoms with Crippen LogP contribution in [0.4, 0.5) is 0 Å². The standard InChI is InChI=1S/C19H23N3O2/c23-18-12-20-15-8-2-4-10-17(15)22(18)13-19(24)21-11-5-7-14-6-1-3-9-16(14)21/h2,4,8,10,12,14,16H,1,3,5-7,9,11,13H2/t14-,16+/m1/s1. The average molecular weight is 325 g/mol. The van der Waals surface area contributed by atoms with E-state index in [1.807, 2.05) is 24.3 Å². The van der Waals surface area contributed by atoms with E-state index in [2.05, 4.69) is 9.88 Å². The molecule has 1 saturated carbocycles. The molecule has 0 bridgehead atoms. The molecule has 126 valence electrons. The van der Waals surface area contributed by atoms with Crippen molar-refractivity contribution in [3.8, 4) is 0 Å². The molecule has 4 rings (SSSR count). The molecule has 2 fully saturated rings. The fraction of sp³-hybridized carbons (Fsp3) is 0.526. The highest BCUT2D eigenvalue weighted by atomic mass is 16.2. The van der Waals surface area contributed by atoms with Gasteiger partial charge in [-0.15, -0.1) is 0 Å². The summed E-state index contributed by atoms with van der Waals surface area (Å²) in [6.45, 7) is 0.947. The number of carbonyl (C=O) groups is 1. The molecule has 1 aliphatic carbocycles. The number of piperidine rings is 1. The van der Waals surface area contributed by atoms with Crippen molar-refractivity contribution < 1.29 is 4.79 Å². The molecule has 0 spiro atoms. The molecule has 1 amide bonds. The summed E-state index contributed by atoms with van der Waals surface area (Å²) in [6, 6.07) is 7.87. The van der Waals surface area contributed by atoms with Gasteiger partial charge in [0.05, 0.1) is 17.2 Å². The molecule has 1 aromatic carbocycles. The number of benzene rings is 1. The van der Waals surface area contributed by atoms with Crippen molar-refractivity contribution in [3.63, 3.8) is 0 Å². The number of para-hydroxylation sites is 2. The van der Waals surface area contributed by atoms with Crippen molar-refractivity contribution >= 4 is 16.9 Å². The van der Waals surface area contributed by atoms with Gasteiger partial charge >= 0.3 is 0 Å². The zero-order valence-electron chi connectivity index (χ0n) is 13.9. The Morgan fingerprint density at radius 3 is 2.83 bits per heavy atom. The van der Waals surface area contributed by atoms with Crippen molar-refractivity contribution in [2.24, 2.45) is 5.92 Å². The first-order valence-corrected chi connectivity index (χ1v) is 8.98. The average Bonchev–Trinajstić information content (AvgIpc) is 2.63. The Balaban J connectivity index is 1.62. The quantitative estimate of drug-likeness (QED) is 0.853. The van der Waals surface area contributed by atoms with E-state index in [0.717, 1.165) is 30.4 Å². The number of hydrogen-bond donors (Lipinski definition) is 0. The van der Waals surface area contributed by atoms with Gasteiger partial charge in [-0.2, -0.15) is 0 Å². The first-order chi connectivity index (χ1) is 11.7. The largest absolute Gasteiger partial charge is 0.338 e. The summed E-state index contributed by atoms with van der Waals surface area (Å²) in [4.78, 5) is 31.4. The lowest BCUT2D eigenvalue weighted by Gasteiger charge is -2.44. The Hall–Kier alpha value is -2.17. The van der Waals surface area contributed by atoms with E-state index in [0.29, 0.717) is 12.0 Å². The van der Waals surface area contributed by atoms with Crippen LogP contribution in [0.25, 0.3) is 11.0 Å². The molecule has 1 aromatic heterocycles. The number of hydrogen-bond acceptors (Lipinski definition) is 3. The van der Waals surface area contributed by atoms with Crippen LogP contribution in [0.1, 0.15) is 38.5 Å². The lowest BCUT2D eigenvalue weighted by molar-refractivity contribution is -0.138. The molecule has 1 saturated heterocycles. The lowest BCUT2D eigenvalue weighted by atomic mass is 9.78. The molecule has 5 nitrogen and oxygen atoms in total. The van der Waals surface area contributed by atoms with Crippen molar-refractivity contribution in [3.05, 3.63) is 40.8 Å². The van der Waals surface area contributed by atoms with Crippen molar-refractivity contribution in [2.45, 2.75) is 51.1 Å². The van der Waals surface area contributed by atoms with Crippen LogP contribution in [0.5, 0.6) is 0 Å². The maximum atomic E-state index is 13.0. The van der Waals surface area contributed by atoms with Crippen LogP contribution in [0.2, 0.25) is 0 Å². The number of carbonyl (C=O) groups excluding carboxylic acids is 1. The fourth-order valence-electron chi connectivity index (χ4n) is 4.44. The van der Waals surface area contributed by atoms with Crippen molar-refractivity contribution in [2.75, 3.05) is 6.54 Å². The highest BCUT2D eigenvalue weighted by Crippen LogP contribution is 2.35. The zero-order chi connectivity index (χ0) is 16.5. The lowest BCUT2D eigenvalue weighted by Crippen LogP contribution is -2.51. The Labute approximate surface area is 141 Å². The summed E-state index contributed by atoms with van der Waals surface area (Å²) in [5, 5.41) is 0. The van der Waals surface area contributed by atoms with E-state index in [1.165, 1.54) is 31.9 Å². The van der Waals surface area contributed by atoms with Gasteiger partial charge in [-0.25, -0.2) is 4.98 Å². The molecule has 2 aromatic rings. The molecule has 0 N–H and O–H groups in total. The number of aromatic nitrogens is 2. The monoisotopic (exact) mass is 325 g/mol. The topological polar surface area (TPSA) is 55.2 Å². The maximum Gasteiger partial charge on any atom is 0.269 e. The number of amides is 1. The van der Waals surface area contributed by atoms with E-state index in [4.69, 9.17) is 0 Å². The third kappa shape index (κ3) is 2.72. The van der Waals surface area contributed by atoms with Gasteiger partial charge in [0.15, 0.2) is 0 Å². The Bertz CT molecular complexity index is 812. The van der Waals surface area contributed by atoms with Gasteiger partial charge in [0.25, 0.3) is 5.56 Å². The van der Waals surface area contributed by atoms with Crippen LogP contribution < -0.4 is 5.56 Å². The Morgan fingerprint density at radius 1 is 1.12 bits per heavy atom. The van der Waals surface area contributed by atoms with Gasteiger partial charge < -0.3 is 4.90 Å². The third-order valence-corrected chi connectivity index (χ3v) is 5.61. The molecule has 24 heavy (non-hydrogen) atoms. The van der Waals surface area contributed by atoms with E-state index < -0.39 is 0 Å². The number of fused-ring (bicyclic) bond motifs is 2. The summed E-state index contributed by atoms with van der Waals surface area (Å²) >= 11 is 0. The smallest absolute Gasteiger partial charge is 0.269 e. The predicted octanol–water partition coefficient (Wildman–Crippen LogP) is 2.58. The van der Waals surface area contributed by atoms with Gasteiger partial charge in [0, 0.05) is 12.6 Å². The number of rotatable bonds is 2. The summed E-state index contributed by atoms with van der Waals surface area (Å²) in [6.07, 6.45) is 8.50. The van der Waals surface area contributed by atoms with Crippen molar-refractivity contribution in [1.82, 2.24) is 14.5 Å². The molecule has 5 heteroatoms. The molecule has 0 radical (unpaired) electrons. The van der Waals surface area contributed by atoms with E-state index in [9.17, 15) is 9.59 Å². The highest BCUT2D eigenvalue weighted by Gasteiger charge is 2.35. The SMILES string of the molecule is O=C(Cn1c(=O)cnc2ccccc21)N1CCC[C@H]2CCCC[C@@H]21. The summed E-state index contributed by atoms with van der Waals surface area (Å²) < 4.78 is 1.57. The normalized spacial score (nSPS) is 23.9. The van der Waals surface area contributed by atoms with Crippen LogP contribution in [0.15, 0.2) is 35.3 Å². The minimum atomic E-state index is -0.209. The van der Waals surface area contributed by atoms with Gasteiger partial charge in [0.2, 0.25) is 5.91 Å². The highest BCUT2D eigenvalue weighted by molar-refractivity contribution is 5.80. The van der Waals surface area contributed by atoms with Gasteiger partial charge in [-0.1, -0.05) is 25.0 Å². The summed E-state index contributed by atoms with van der Waals surface area (Å²) in [7, 11) is 0. The van der Waals surface area contributed by atoms with E-state index in [1.54, 1.807) is 4.57 Å². The van der Waals surface area contributed by atoms with E-state index >= 15 is 0 Å². The maximum absolute atomic E-state index is 13.0. The van der Waals surface area contributed by atoms with Crippen LogP contribution >= 0.6 is 0 Å². The second kappa shape index (κ2) is 6.38. The zero-order valence-corrected chi connectivity index (χ0v) is 13.9. The molecule has 2 aliphatic rings. The summed E-state index contributed by atoms with van der Waals surface area (Å²) in [5.41, 5.74) is 1.27. The molecule has 1 aliphatic heterocycles. The predicted molar refractivity (Wildman–Crippen MR) is 92.7 cm³/mol. The van der Waals surface area contributed by atoms with Gasteiger partial charge in [0.1, 0.15) is 6.54 Å².